The fourth-order valence-electron chi connectivity index (χ4n) is 1.73. The first-order chi connectivity index (χ1) is 11.6. The minimum atomic E-state index is -0.443. The van der Waals surface area contributed by atoms with Crippen molar-refractivity contribution in [1.82, 2.24) is 4.98 Å². The highest BCUT2D eigenvalue weighted by Gasteiger charge is 2.09. The maximum atomic E-state index is 11.4. The van der Waals surface area contributed by atoms with Gasteiger partial charge in [-0.2, -0.15) is 5.10 Å². The van der Waals surface area contributed by atoms with Gasteiger partial charge in [-0.05, 0) is 30.7 Å². The number of benzene rings is 1. The Labute approximate surface area is 143 Å². The lowest BCUT2D eigenvalue weighted by atomic mass is 10.2. The van der Waals surface area contributed by atoms with E-state index in [-0.39, 0.29) is 6.61 Å². The Balaban J connectivity index is 2.02. The van der Waals surface area contributed by atoms with Crippen molar-refractivity contribution in [3.05, 3.63) is 29.1 Å². The Morgan fingerprint density at radius 2 is 2.29 bits per heavy atom. The molecule has 128 valence electrons. The maximum absolute atomic E-state index is 11.4. The predicted octanol–water partition coefficient (Wildman–Crippen LogP) is 2.12. The highest BCUT2D eigenvalue weighted by Crippen LogP contribution is 2.27. The number of rotatable bonds is 8. The van der Waals surface area contributed by atoms with Crippen LogP contribution in [0.4, 0.5) is 10.9 Å². The van der Waals surface area contributed by atoms with Gasteiger partial charge < -0.3 is 19.9 Å². The molecule has 0 saturated heterocycles. The summed E-state index contributed by atoms with van der Waals surface area (Å²) in [6.07, 6.45) is 1.59. The Hall–Kier alpha value is -2.81. The molecule has 2 aromatic rings. The van der Waals surface area contributed by atoms with Crippen LogP contribution >= 0.6 is 11.3 Å². The Morgan fingerprint density at radius 3 is 2.96 bits per heavy atom. The second kappa shape index (κ2) is 8.73. The van der Waals surface area contributed by atoms with E-state index in [1.165, 1.54) is 18.4 Å². The summed E-state index contributed by atoms with van der Waals surface area (Å²) < 4.78 is 15.5. The molecule has 0 aliphatic carbocycles. The first-order valence-corrected chi connectivity index (χ1v) is 7.97. The van der Waals surface area contributed by atoms with E-state index in [0.29, 0.717) is 29.1 Å². The summed E-state index contributed by atoms with van der Waals surface area (Å²) in [5.74, 6) is 0.934. The van der Waals surface area contributed by atoms with Crippen LogP contribution in [0.15, 0.2) is 28.7 Å². The van der Waals surface area contributed by atoms with Gasteiger partial charge in [-0.25, -0.2) is 9.78 Å². The third-order valence-corrected chi connectivity index (χ3v) is 3.50. The zero-order valence-corrected chi connectivity index (χ0v) is 14.1. The highest BCUT2D eigenvalue weighted by molar-refractivity contribution is 7.14. The Bertz CT molecular complexity index is 717. The van der Waals surface area contributed by atoms with Crippen LogP contribution in [0.5, 0.6) is 11.5 Å². The van der Waals surface area contributed by atoms with Gasteiger partial charge in [0.2, 0.25) is 5.13 Å². The van der Waals surface area contributed by atoms with E-state index in [1.807, 2.05) is 0 Å². The predicted molar refractivity (Wildman–Crippen MR) is 92.9 cm³/mol. The van der Waals surface area contributed by atoms with Crippen molar-refractivity contribution < 1.29 is 19.0 Å². The zero-order valence-electron chi connectivity index (χ0n) is 13.3. The summed E-state index contributed by atoms with van der Waals surface area (Å²) in [5.41, 5.74) is 9.07. The largest absolute Gasteiger partial charge is 0.493 e. The molecule has 24 heavy (non-hydrogen) atoms. The second-order valence-corrected chi connectivity index (χ2v) is 5.31. The van der Waals surface area contributed by atoms with E-state index in [4.69, 9.17) is 19.9 Å². The lowest BCUT2D eigenvalue weighted by Gasteiger charge is -2.10. The number of hydrogen-bond acceptors (Lipinski definition) is 9. The van der Waals surface area contributed by atoms with Crippen LogP contribution in [0.1, 0.15) is 12.5 Å². The molecule has 0 saturated carbocycles. The van der Waals surface area contributed by atoms with E-state index in [2.05, 4.69) is 15.5 Å². The summed E-state index contributed by atoms with van der Waals surface area (Å²) in [5, 5.41) is 6.38. The summed E-state index contributed by atoms with van der Waals surface area (Å²) in [6, 6.07) is 5.24. The van der Waals surface area contributed by atoms with E-state index in [9.17, 15) is 4.79 Å². The van der Waals surface area contributed by atoms with Crippen LogP contribution in [0.2, 0.25) is 0 Å². The minimum Gasteiger partial charge on any atom is -0.493 e. The fourth-order valence-corrected chi connectivity index (χ4v) is 2.27. The van der Waals surface area contributed by atoms with Gasteiger partial charge in [0, 0.05) is 5.38 Å². The van der Waals surface area contributed by atoms with Gasteiger partial charge in [-0.1, -0.05) is 0 Å². The molecule has 8 nitrogen and oxygen atoms in total. The molecule has 0 aliphatic rings. The Morgan fingerprint density at radius 1 is 1.46 bits per heavy atom. The average molecular weight is 350 g/mol. The lowest BCUT2D eigenvalue weighted by Crippen LogP contribution is -2.15. The maximum Gasteiger partial charge on any atom is 0.344 e. The number of anilines is 2. The number of carbonyl (C=O) groups is 1. The molecule has 1 aromatic carbocycles. The quantitative estimate of drug-likeness (QED) is 0.426. The summed E-state index contributed by atoms with van der Waals surface area (Å²) in [4.78, 5) is 15.4. The van der Waals surface area contributed by atoms with Gasteiger partial charge in [0.15, 0.2) is 18.1 Å². The topological polar surface area (TPSA) is 108 Å². The summed E-state index contributed by atoms with van der Waals surface area (Å²) in [7, 11) is 1.52. The van der Waals surface area contributed by atoms with Crippen molar-refractivity contribution in [2.75, 3.05) is 31.5 Å². The smallest absolute Gasteiger partial charge is 0.344 e. The van der Waals surface area contributed by atoms with Crippen molar-refractivity contribution in [1.29, 1.82) is 0 Å². The van der Waals surface area contributed by atoms with Crippen LogP contribution in [-0.4, -0.2) is 37.5 Å². The number of hydrogen-bond donors (Lipinski definition) is 2. The number of methoxy groups -OCH3 is 1. The first kappa shape index (κ1) is 17.5. The second-order valence-electron chi connectivity index (χ2n) is 4.45. The van der Waals surface area contributed by atoms with Gasteiger partial charge in [-0.3, -0.25) is 5.43 Å². The van der Waals surface area contributed by atoms with Crippen molar-refractivity contribution >= 4 is 34.5 Å². The fraction of sp³-hybridized carbons (Fsp3) is 0.267. The molecule has 0 atom stereocenters. The molecule has 0 radical (unpaired) electrons. The normalized spacial score (nSPS) is 10.6. The molecule has 3 N–H and O–H groups in total. The van der Waals surface area contributed by atoms with E-state index in [1.54, 1.807) is 36.7 Å². The number of nitrogen functional groups attached to an aromatic ring is 1. The van der Waals surface area contributed by atoms with Gasteiger partial charge in [0.1, 0.15) is 5.82 Å². The van der Waals surface area contributed by atoms with Crippen LogP contribution in [0.25, 0.3) is 0 Å². The number of ether oxygens (including phenoxy) is 3. The molecule has 0 unspecified atom stereocenters. The number of hydrazone groups is 1. The van der Waals surface area contributed by atoms with Gasteiger partial charge >= 0.3 is 5.97 Å². The number of nitrogens with one attached hydrogen (secondary N) is 1. The molecule has 0 amide bonds. The molecule has 0 bridgehead atoms. The molecular formula is C15H18N4O4S. The van der Waals surface area contributed by atoms with Crippen molar-refractivity contribution in [3.8, 4) is 11.5 Å². The number of esters is 1. The average Bonchev–Trinajstić information content (AvgIpc) is 2.99. The van der Waals surface area contributed by atoms with Crippen molar-refractivity contribution in [3.63, 3.8) is 0 Å². The van der Waals surface area contributed by atoms with Gasteiger partial charge in [-0.15, -0.1) is 11.3 Å². The van der Waals surface area contributed by atoms with E-state index < -0.39 is 5.97 Å². The molecular weight excluding hydrogens is 332 g/mol. The number of aromatic nitrogens is 1. The highest BCUT2D eigenvalue weighted by atomic mass is 32.1. The van der Waals surface area contributed by atoms with Gasteiger partial charge in [0.25, 0.3) is 0 Å². The lowest BCUT2D eigenvalue weighted by molar-refractivity contribution is -0.145. The molecule has 0 fully saturated rings. The monoisotopic (exact) mass is 350 g/mol. The van der Waals surface area contributed by atoms with Crippen LogP contribution in [0, 0.1) is 0 Å². The molecule has 1 aromatic heterocycles. The number of thiazole rings is 1. The summed E-state index contributed by atoms with van der Waals surface area (Å²) >= 11 is 1.35. The zero-order chi connectivity index (χ0) is 17.4. The minimum absolute atomic E-state index is 0.193. The van der Waals surface area contributed by atoms with E-state index in [0.717, 1.165) is 5.56 Å². The van der Waals surface area contributed by atoms with E-state index >= 15 is 0 Å². The molecule has 9 heteroatoms. The standard InChI is InChI=1S/C15H18N4O4S/c1-3-22-14(20)8-23-12-6-10(4-5-11(12)21-2)7-17-19-15-18-13(16)9-24-15/h4-7,9H,3,8,16H2,1-2H3,(H,18,19). The molecule has 0 aliphatic heterocycles. The van der Waals surface area contributed by atoms with Crippen molar-refractivity contribution in [2.24, 2.45) is 5.10 Å². The number of carbonyl (C=O) groups excluding carboxylic acids is 1. The third-order valence-electron chi connectivity index (χ3n) is 2.73. The number of nitrogens with zero attached hydrogens (tertiary/aromatic N) is 2. The van der Waals surface area contributed by atoms with Crippen molar-refractivity contribution in [2.45, 2.75) is 6.92 Å². The number of nitrogens with two attached hydrogens (primary N) is 1. The van der Waals surface area contributed by atoms with Crippen LogP contribution in [0.3, 0.4) is 0 Å². The molecule has 1 heterocycles. The SMILES string of the molecule is CCOC(=O)COc1cc(C=NNc2nc(N)cs2)ccc1OC. The van der Waals surface area contributed by atoms with Crippen LogP contribution < -0.4 is 20.6 Å². The molecule has 2 rings (SSSR count). The Kier molecular flexibility index (Phi) is 6.38. The van der Waals surface area contributed by atoms with Gasteiger partial charge in [0.05, 0.1) is 19.9 Å². The van der Waals surface area contributed by atoms with Crippen LogP contribution in [-0.2, 0) is 9.53 Å². The summed E-state index contributed by atoms with van der Waals surface area (Å²) in [6.45, 7) is 1.85. The first-order valence-electron chi connectivity index (χ1n) is 7.09. The molecule has 0 spiro atoms. The third kappa shape index (κ3) is 5.13.